The van der Waals surface area contributed by atoms with Crippen LogP contribution in [0, 0.1) is 17.3 Å². The fourth-order valence-corrected chi connectivity index (χ4v) is 2.62. The van der Waals surface area contributed by atoms with Gasteiger partial charge in [0, 0.05) is 6.04 Å². The van der Waals surface area contributed by atoms with Crippen LogP contribution in [0.25, 0.3) is 0 Å². The molecule has 3 heteroatoms. The normalized spacial score (nSPS) is 30.4. The van der Waals surface area contributed by atoms with Gasteiger partial charge in [0.1, 0.15) is 5.60 Å². The zero-order valence-electron chi connectivity index (χ0n) is 11.3. The van der Waals surface area contributed by atoms with E-state index in [1.54, 1.807) is 0 Å². The molecule has 1 fully saturated rings. The molecule has 0 saturated heterocycles. The Morgan fingerprint density at radius 3 is 2.25 bits per heavy atom. The van der Waals surface area contributed by atoms with E-state index in [2.05, 4.69) is 13.8 Å². The summed E-state index contributed by atoms with van der Waals surface area (Å²) < 4.78 is 5.43. The summed E-state index contributed by atoms with van der Waals surface area (Å²) in [5.74, 6) is 0.349. The lowest BCUT2D eigenvalue weighted by Gasteiger charge is -2.52. The summed E-state index contributed by atoms with van der Waals surface area (Å²) in [6.45, 7) is 11.9. The van der Waals surface area contributed by atoms with Gasteiger partial charge in [-0.2, -0.15) is 0 Å². The molecule has 1 aliphatic rings. The second kappa shape index (κ2) is 4.02. The first-order valence-electron chi connectivity index (χ1n) is 6.04. The van der Waals surface area contributed by atoms with Crippen molar-refractivity contribution < 1.29 is 9.53 Å². The summed E-state index contributed by atoms with van der Waals surface area (Å²) in [4.78, 5) is 12.0. The zero-order valence-corrected chi connectivity index (χ0v) is 11.3. The van der Waals surface area contributed by atoms with E-state index in [4.69, 9.17) is 10.5 Å². The van der Waals surface area contributed by atoms with Crippen LogP contribution in [0.1, 0.15) is 48.0 Å². The lowest BCUT2D eigenvalue weighted by atomic mass is 9.53. The van der Waals surface area contributed by atoms with Crippen LogP contribution in [0.4, 0.5) is 0 Å². The summed E-state index contributed by atoms with van der Waals surface area (Å²) in [6.07, 6.45) is 0.861. The third-order valence-corrected chi connectivity index (χ3v) is 3.67. The van der Waals surface area contributed by atoms with Crippen molar-refractivity contribution in [1.29, 1.82) is 0 Å². The van der Waals surface area contributed by atoms with Gasteiger partial charge in [0.2, 0.25) is 0 Å². The average Bonchev–Trinajstić information content (AvgIpc) is 1.97. The van der Waals surface area contributed by atoms with Crippen LogP contribution < -0.4 is 5.73 Å². The molecule has 3 atom stereocenters. The highest BCUT2D eigenvalue weighted by Gasteiger charge is 2.54. The second-order valence-corrected chi connectivity index (χ2v) is 6.61. The molecular formula is C13H25NO2. The number of ether oxygens (including phenoxy) is 1. The fourth-order valence-electron chi connectivity index (χ4n) is 2.62. The minimum atomic E-state index is -0.396. The molecule has 0 radical (unpaired) electrons. The number of carbonyl (C=O) groups excluding carboxylic acids is 1. The molecule has 1 aliphatic carbocycles. The lowest BCUT2D eigenvalue weighted by molar-refractivity contribution is -0.177. The van der Waals surface area contributed by atoms with Gasteiger partial charge in [0.25, 0.3) is 0 Å². The van der Waals surface area contributed by atoms with Crippen LogP contribution in [0.3, 0.4) is 0 Å². The predicted molar refractivity (Wildman–Crippen MR) is 64.9 cm³/mol. The highest BCUT2D eigenvalue weighted by atomic mass is 16.6. The highest BCUT2D eigenvalue weighted by Crippen LogP contribution is 2.53. The van der Waals surface area contributed by atoms with Crippen molar-refractivity contribution in [3.8, 4) is 0 Å². The molecule has 3 nitrogen and oxygen atoms in total. The van der Waals surface area contributed by atoms with Crippen LogP contribution in [0.15, 0.2) is 0 Å². The van der Waals surface area contributed by atoms with Crippen molar-refractivity contribution in [2.24, 2.45) is 23.0 Å². The Morgan fingerprint density at radius 2 is 1.94 bits per heavy atom. The largest absolute Gasteiger partial charge is 0.460 e. The maximum Gasteiger partial charge on any atom is 0.310 e. The Labute approximate surface area is 98.7 Å². The smallest absolute Gasteiger partial charge is 0.310 e. The molecule has 0 heterocycles. The van der Waals surface area contributed by atoms with E-state index in [9.17, 15) is 4.79 Å². The maximum absolute atomic E-state index is 12.0. The number of nitrogens with two attached hydrogens (primary N) is 1. The van der Waals surface area contributed by atoms with Crippen molar-refractivity contribution in [3.05, 3.63) is 0 Å². The average molecular weight is 227 g/mol. The van der Waals surface area contributed by atoms with E-state index in [0.29, 0.717) is 5.92 Å². The van der Waals surface area contributed by atoms with Gasteiger partial charge < -0.3 is 10.5 Å². The summed E-state index contributed by atoms with van der Waals surface area (Å²) in [5, 5.41) is 0. The summed E-state index contributed by atoms with van der Waals surface area (Å²) >= 11 is 0. The molecule has 0 aromatic carbocycles. The zero-order chi connectivity index (χ0) is 12.7. The van der Waals surface area contributed by atoms with Crippen LogP contribution in [0.5, 0.6) is 0 Å². The maximum atomic E-state index is 12.0. The molecule has 0 amide bonds. The van der Waals surface area contributed by atoms with E-state index in [-0.39, 0.29) is 23.3 Å². The van der Waals surface area contributed by atoms with Crippen LogP contribution in [-0.2, 0) is 9.53 Å². The number of hydrogen-bond acceptors (Lipinski definition) is 3. The molecule has 1 saturated carbocycles. The molecule has 0 aromatic heterocycles. The minimum Gasteiger partial charge on any atom is -0.460 e. The Morgan fingerprint density at radius 1 is 1.44 bits per heavy atom. The predicted octanol–water partition coefficient (Wildman–Crippen LogP) is 2.34. The van der Waals surface area contributed by atoms with Gasteiger partial charge in [0.15, 0.2) is 0 Å². The Bertz CT molecular complexity index is 276. The number of hydrogen-bond donors (Lipinski definition) is 1. The molecule has 0 spiro atoms. The highest BCUT2D eigenvalue weighted by molar-refractivity contribution is 5.75. The van der Waals surface area contributed by atoms with Gasteiger partial charge in [-0.05, 0) is 45.4 Å². The minimum absolute atomic E-state index is 0.00252. The van der Waals surface area contributed by atoms with Crippen LogP contribution in [0.2, 0.25) is 0 Å². The Hall–Kier alpha value is -0.570. The van der Waals surface area contributed by atoms with Crippen molar-refractivity contribution in [2.75, 3.05) is 0 Å². The topological polar surface area (TPSA) is 52.3 Å². The van der Waals surface area contributed by atoms with Gasteiger partial charge in [-0.25, -0.2) is 0 Å². The molecule has 16 heavy (non-hydrogen) atoms. The molecular weight excluding hydrogens is 202 g/mol. The number of esters is 1. The summed E-state index contributed by atoms with van der Waals surface area (Å²) in [7, 11) is 0. The monoisotopic (exact) mass is 227 g/mol. The third-order valence-electron chi connectivity index (χ3n) is 3.67. The lowest BCUT2D eigenvalue weighted by Crippen LogP contribution is -2.56. The summed E-state index contributed by atoms with van der Waals surface area (Å²) in [5.41, 5.74) is 5.48. The van der Waals surface area contributed by atoms with E-state index < -0.39 is 5.60 Å². The summed E-state index contributed by atoms with van der Waals surface area (Å²) in [6, 6.07) is 0.147. The molecule has 0 unspecified atom stereocenters. The van der Waals surface area contributed by atoms with Crippen molar-refractivity contribution in [1.82, 2.24) is 0 Å². The van der Waals surface area contributed by atoms with E-state index in [1.165, 1.54) is 0 Å². The van der Waals surface area contributed by atoms with Crippen LogP contribution >= 0.6 is 0 Å². The van der Waals surface area contributed by atoms with E-state index >= 15 is 0 Å². The standard InChI is InChI=1S/C13H25NO2/c1-8(14)9-7-10(13(9,5)6)11(15)16-12(2,3)4/h8-10H,7,14H2,1-6H3/t8-,9-,10-/m0/s1. The quantitative estimate of drug-likeness (QED) is 0.737. The Kier molecular flexibility index (Phi) is 3.39. The van der Waals surface area contributed by atoms with Gasteiger partial charge in [0.05, 0.1) is 5.92 Å². The van der Waals surface area contributed by atoms with Crippen LogP contribution in [-0.4, -0.2) is 17.6 Å². The molecule has 0 aliphatic heterocycles. The third kappa shape index (κ3) is 2.57. The SMILES string of the molecule is C[C@H](N)[C@@H]1C[C@@H](C(=O)OC(C)(C)C)C1(C)C. The van der Waals surface area contributed by atoms with Gasteiger partial charge in [-0.15, -0.1) is 0 Å². The second-order valence-electron chi connectivity index (χ2n) is 6.61. The molecule has 0 bridgehead atoms. The molecule has 2 N–H and O–H groups in total. The first-order valence-corrected chi connectivity index (χ1v) is 6.04. The van der Waals surface area contributed by atoms with Gasteiger partial charge >= 0.3 is 5.97 Å². The number of rotatable bonds is 2. The van der Waals surface area contributed by atoms with Gasteiger partial charge in [-0.1, -0.05) is 13.8 Å². The fraction of sp³-hybridized carbons (Fsp3) is 0.923. The van der Waals surface area contributed by atoms with Crippen molar-refractivity contribution >= 4 is 5.97 Å². The first kappa shape index (κ1) is 13.5. The van der Waals surface area contributed by atoms with Gasteiger partial charge in [-0.3, -0.25) is 4.79 Å². The van der Waals surface area contributed by atoms with E-state index in [1.807, 2.05) is 27.7 Å². The molecule has 1 rings (SSSR count). The molecule has 0 aromatic rings. The molecule has 94 valence electrons. The first-order chi connectivity index (χ1) is 7.05. The Balaban J connectivity index is 2.63. The van der Waals surface area contributed by atoms with Crippen molar-refractivity contribution in [3.63, 3.8) is 0 Å². The van der Waals surface area contributed by atoms with Crippen molar-refractivity contribution in [2.45, 2.75) is 59.6 Å². The van der Waals surface area contributed by atoms with E-state index in [0.717, 1.165) is 6.42 Å². The number of carbonyl (C=O) groups is 1.